The van der Waals surface area contributed by atoms with Crippen molar-refractivity contribution in [2.75, 3.05) is 20.2 Å². The zero-order chi connectivity index (χ0) is 16.1. The zero-order valence-corrected chi connectivity index (χ0v) is 15.0. The van der Waals surface area contributed by atoms with Crippen molar-refractivity contribution in [1.82, 2.24) is 4.90 Å². The minimum absolute atomic E-state index is 0.367. The van der Waals surface area contributed by atoms with Gasteiger partial charge in [-0.05, 0) is 35.7 Å². The van der Waals surface area contributed by atoms with Gasteiger partial charge in [0.2, 0.25) is 0 Å². The van der Waals surface area contributed by atoms with Crippen molar-refractivity contribution >= 4 is 15.9 Å². The number of nitrogens with zero attached hydrogens (tertiary/aromatic N) is 1. The van der Waals surface area contributed by atoms with Gasteiger partial charge >= 0.3 is 0 Å². The maximum Gasteiger partial charge on any atom is 0.120 e. The number of likely N-dealkylation sites (tertiary alicyclic amines) is 1. The van der Waals surface area contributed by atoms with Crippen molar-refractivity contribution in [3.8, 4) is 5.75 Å². The molecule has 0 unspecified atom stereocenters. The molecule has 4 heteroatoms. The average molecular weight is 376 g/mol. The van der Waals surface area contributed by atoms with Gasteiger partial charge in [0.1, 0.15) is 12.4 Å². The van der Waals surface area contributed by atoms with Crippen molar-refractivity contribution in [2.45, 2.75) is 25.7 Å². The summed E-state index contributed by atoms with van der Waals surface area (Å²) in [6.07, 6.45) is 1.48. The summed E-state index contributed by atoms with van der Waals surface area (Å²) >= 11 is 3.65. The molecule has 3 nitrogen and oxygen atoms in total. The molecule has 0 aromatic heterocycles. The zero-order valence-electron chi connectivity index (χ0n) is 13.4. The lowest BCUT2D eigenvalue weighted by Gasteiger charge is -2.17. The average Bonchev–Trinajstić information content (AvgIpc) is 3.04. The van der Waals surface area contributed by atoms with Crippen LogP contribution in [-0.2, 0) is 17.9 Å². The molecule has 1 aliphatic heterocycles. The predicted molar refractivity (Wildman–Crippen MR) is 95.6 cm³/mol. The second-order valence-electron chi connectivity index (χ2n) is 5.91. The Morgan fingerprint density at radius 1 is 1.17 bits per heavy atom. The molecule has 1 fully saturated rings. The molecule has 1 heterocycles. The quantitative estimate of drug-likeness (QED) is 0.753. The molecule has 2 aromatic carbocycles. The first-order chi connectivity index (χ1) is 11.2. The molecule has 3 rings (SSSR count). The summed E-state index contributed by atoms with van der Waals surface area (Å²) in [5.41, 5.74) is 2.44. The van der Waals surface area contributed by atoms with E-state index in [9.17, 15) is 0 Å². The Morgan fingerprint density at radius 2 is 2.00 bits per heavy atom. The third-order valence-corrected chi connectivity index (χ3v) is 5.00. The Labute approximate surface area is 146 Å². The molecule has 2 aromatic rings. The summed E-state index contributed by atoms with van der Waals surface area (Å²) in [5.74, 6) is 0.912. The molecule has 1 saturated heterocycles. The van der Waals surface area contributed by atoms with E-state index in [2.05, 4.69) is 45.1 Å². The molecule has 0 bridgehead atoms. The van der Waals surface area contributed by atoms with Crippen molar-refractivity contribution in [3.63, 3.8) is 0 Å². The monoisotopic (exact) mass is 375 g/mol. The minimum atomic E-state index is 0.367. The number of benzene rings is 2. The first-order valence-electron chi connectivity index (χ1n) is 7.95. The topological polar surface area (TPSA) is 21.7 Å². The lowest BCUT2D eigenvalue weighted by molar-refractivity contribution is 0.107. The normalized spacial score (nSPS) is 18.3. The Morgan fingerprint density at radius 3 is 2.74 bits per heavy atom. The smallest absolute Gasteiger partial charge is 0.120 e. The lowest BCUT2D eigenvalue weighted by atomic mass is 10.2. The maximum atomic E-state index is 5.93. The van der Waals surface area contributed by atoms with Gasteiger partial charge in [0.05, 0.1) is 6.10 Å². The van der Waals surface area contributed by atoms with Crippen molar-refractivity contribution < 1.29 is 9.47 Å². The molecular weight excluding hydrogens is 354 g/mol. The first-order valence-corrected chi connectivity index (χ1v) is 8.74. The predicted octanol–water partition coefficient (Wildman–Crippen LogP) is 4.25. The van der Waals surface area contributed by atoms with Crippen LogP contribution in [-0.4, -0.2) is 31.2 Å². The Kier molecular flexibility index (Phi) is 5.70. The van der Waals surface area contributed by atoms with Crippen LogP contribution in [0.15, 0.2) is 53.0 Å². The molecule has 0 amide bonds. The van der Waals surface area contributed by atoms with Gasteiger partial charge in [0, 0.05) is 31.2 Å². The molecular formula is C19H22BrNO2. The maximum absolute atomic E-state index is 5.93. The summed E-state index contributed by atoms with van der Waals surface area (Å²) in [7, 11) is 1.79. The van der Waals surface area contributed by atoms with Crippen LogP contribution in [0.3, 0.4) is 0 Å². The van der Waals surface area contributed by atoms with Gasteiger partial charge in [-0.25, -0.2) is 0 Å². The number of methoxy groups -OCH3 is 1. The van der Waals surface area contributed by atoms with Crippen LogP contribution in [0, 0.1) is 0 Å². The summed E-state index contributed by atoms with van der Waals surface area (Å²) < 4.78 is 12.5. The van der Waals surface area contributed by atoms with Crippen LogP contribution >= 0.6 is 15.9 Å². The van der Waals surface area contributed by atoms with Gasteiger partial charge in [-0.15, -0.1) is 0 Å². The minimum Gasteiger partial charge on any atom is -0.489 e. The van der Waals surface area contributed by atoms with E-state index < -0.39 is 0 Å². The van der Waals surface area contributed by atoms with E-state index in [0.717, 1.165) is 36.3 Å². The standard InChI is InChI=1S/C19H22BrNO2/c1-22-18-9-10-21(13-18)12-16-11-17(7-8-19(16)20)23-14-15-5-3-2-4-6-15/h2-8,11,18H,9-10,12-14H2,1H3/t18-/m0/s1. The highest BCUT2D eigenvalue weighted by Gasteiger charge is 2.22. The van der Waals surface area contributed by atoms with Crippen LogP contribution < -0.4 is 4.74 Å². The summed E-state index contributed by atoms with van der Waals surface area (Å²) in [6.45, 7) is 3.60. The van der Waals surface area contributed by atoms with Crippen LogP contribution in [0.4, 0.5) is 0 Å². The Bertz CT molecular complexity index is 633. The third kappa shape index (κ3) is 4.56. The van der Waals surface area contributed by atoms with E-state index in [1.54, 1.807) is 7.11 Å². The van der Waals surface area contributed by atoms with Gasteiger partial charge < -0.3 is 9.47 Å². The lowest BCUT2D eigenvalue weighted by Crippen LogP contribution is -2.22. The van der Waals surface area contributed by atoms with Gasteiger partial charge in [-0.3, -0.25) is 4.90 Å². The van der Waals surface area contributed by atoms with E-state index in [4.69, 9.17) is 9.47 Å². The molecule has 1 atom stereocenters. The Hall–Kier alpha value is -1.36. The molecule has 0 saturated carbocycles. The third-order valence-electron chi connectivity index (χ3n) is 4.22. The van der Waals surface area contributed by atoms with Crippen molar-refractivity contribution in [3.05, 3.63) is 64.1 Å². The van der Waals surface area contributed by atoms with Crippen molar-refractivity contribution in [1.29, 1.82) is 0 Å². The molecule has 1 aliphatic rings. The van der Waals surface area contributed by atoms with Crippen LogP contribution in [0.25, 0.3) is 0 Å². The van der Waals surface area contributed by atoms with Crippen molar-refractivity contribution in [2.24, 2.45) is 0 Å². The summed E-state index contributed by atoms with van der Waals surface area (Å²) in [4.78, 5) is 2.43. The van der Waals surface area contributed by atoms with Crippen LogP contribution in [0.5, 0.6) is 5.75 Å². The fourth-order valence-electron chi connectivity index (χ4n) is 2.88. The summed E-state index contributed by atoms with van der Waals surface area (Å²) in [6, 6.07) is 16.5. The highest BCUT2D eigenvalue weighted by atomic mass is 79.9. The van der Waals surface area contributed by atoms with E-state index in [1.807, 2.05) is 24.3 Å². The molecule has 0 N–H and O–H groups in total. The highest BCUT2D eigenvalue weighted by Crippen LogP contribution is 2.26. The number of halogens is 1. The van der Waals surface area contributed by atoms with E-state index in [0.29, 0.717) is 12.7 Å². The second kappa shape index (κ2) is 7.95. The van der Waals surface area contributed by atoms with Gasteiger partial charge in [-0.1, -0.05) is 46.3 Å². The number of ether oxygens (including phenoxy) is 2. The molecule has 122 valence electrons. The van der Waals surface area contributed by atoms with Gasteiger partial charge in [-0.2, -0.15) is 0 Å². The van der Waals surface area contributed by atoms with Gasteiger partial charge in [0.15, 0.2) is 0 Å². The van der Waals surface area contributed by atoms with Crippen LogP contribution in [0.2, 0.25) is 0 Å². The SMILES string of the molecule is CO[C@H]1CCN(Cc2cc(OCc3ccccc3)ccc2Br)C1. The Balaban J connectivity index is 1.62. The number of rotatable bonds is 6. The van der Waals surface area contributed by atoms with E-state index >= 15 is 0 Å². The highest BCUT2D eigenvalue weighted by molar-refractivity contribution is 9.10. The van der Waals surface area contributed by atoms with E-state index in [-0.39, 0.29) is 0 Å². The molecule has 0 aliphatic carbocycles. The summed E-state index contributed by atoms with van der Waals surface area (Å²) in [5, 5.41) is 0. The van der Waals surface area contributed by atoms with Crippen LogP contribution in [0.1, 0.15) is 17.5 Å². The molecule has 0 spiro atoms. The molecule has 0 radical (unpaired) electrons. The fraction of sp³-hybridized carbons (Fsp3) is 0.368. The number of hydrogen-bond donors (Lipinski definition) is 0. The van der Waals surface area contributed by atoms with Gasteiger partial charge in [0.25, 0.3) is 0 Å². The molecule has 23 heavy (non-hydrogen) atoms. The largest absolute Gasteiger partial charge is 0.489 e. The second-order valence-corrected chi connectivity index (χ2v) is 6.76. The first kappa shape index (κ1) is 16.5. The number of hydrogen-bond acceptors (Lipinski definition) is 3. The van der Waals surface area contributed by atoms with E-state index in [1.165, 1.54) is 11.1 Å². The fourth-order valence-corrected chi connectivity index (χ4v) is 3.25.